The van der Waals surface area contributed by atoms with Crippen LogP contribution >= 0.6 is 0 Å². The first-order chi connectivity index (χ1) is 9.88. The normalized spacial score (nSPS) is 18.0. The molecule has 0 aromatic heterocycles. The minimum atomic E-state index is 0.650. The molecule has 0 aliphatic heterocycles. The van der Waals surface area contributed by atoms with Crippen LogP contribution in [0.1, 0.15) is 60.8 Å². The van der Waals surface area contributed by atoms with Crippen LogP contribution < -0.4 is 5.32 Å². The van der Waals surface area contributed by atoms with E-state index in [2.05, 4.69) is 65.1 Å². The Morgan fingerprint density at radius 3 is 2.38 bits per heavy atom. The molecule has 0 spiro atoms. The molecule has 0 heterocycles. The molecule has 0 saturated carbocycles. The van der Waals surface area contributed by atoms with Crippen molar-refractivity contribution in [2.24, 2.45) is 17.8 Å². The maximum absolute atomic E-state index is 3.63. The highest BCUT2D eigenvalue weighted by atomic mass is 14.9. The minimum Gasteiger partial charge on any atom is -0.316 e. The minimum absolute atomic E-state index is 0.650. The van der Waals surface area contributed by atoms with E-state index < -0.39 is 0 Å². The van der Waals surface area contributed by atoms with Crippen molar-refractivity contribution in [3.8, 4) is 0 Å². The molecule has 120 valence electrons. The molecular weight excluding hydrogens is 254 g/mol. The first-order valence-corrected chi connectivity index (χ1v) is 8.60. The summed E-state index contributed by atoms with van der Waals surface area (Å²) in [7, 11) is 0. The van der Waals surface area contributed by atoms with Crippen LogP contribution in [0, 0.1) is 17.8 Å². The Balaban J connectivity index is 2.57. The smallest absolute Gasteiger partial charge is 0.00146 e. The summed E-state index contributed by atoms with van der Waals surface area (Å²) < 4.78 is 0. The summed E-state index contributed by atoms with van der Waals surface area (Å²) in [6, 6.07) is 0. The third-order valence-electron chi connectivity index (χ3n) is 4.21. The van der Waals surface area contributed by atoms with E-state index in [9.17, 15) is 0 Å². The van der Waals surface area contributed by atoms with Crippen molar-refractivity contribution in [2.45, 2.75) is 60.8 Å². The molecule has 0 amide bonds. The number of hydrogen-bond donors (Lipinski definition) is 1. The van der Waals surface area contributed by atoms with Crippen molar-refractivity contribution in [1.82, 2.24) is 5.32 Å². The van der Waals surface area contributed by atoms with Crippen LogP contribution in [0.2, 0.25) is 0 Å². The third-order valence-corrected chi connectivity index (χ3v) is 4.21. The molecule has 2 atom stereocenters. The Hall–Kier alpha value is -0.820. The molecule has 0 bridgehead atoms. The fraction of sp³-hybridized carbons (Fsp3) is 0.700. The van der Waals surface area contributed by atoms with Crippen LogP contribution in [0.25, 0.3) is 0 Å². The maximum Gasteiger partial charge on any atom is 0.00146 e. The first kappa shape index (κ1) is 18.2. The lowest BCUT2D eigenvalue weighted by atomic mass is 9.84. The Labute approximate surface area is 132 Å². The number of rotatable bonds is 8. The van der Waals surface area contributed by atoms with Gasteiger partial charge in [0.1, 0.15) is 0 Å². The zero-order chi connectivity index (χ0) is 15.8. The van der Waals surface area contributed by atoms with Crippen molar-refractivity contribution in [3.63, 3.8) is 0 Å². The predicted molar refractivity (Wildman–Crippen MR) is 95.5 cm³/mol. The van der Waals surface area contributed by atoms with Crippen molar-refractivity contribution < 1.29 is 0 Å². The lowest BCUT2D eigenvalue weighted by molar-refractivity contribution is 0.435. The van der Waals surface area contributed by atoms with E-state index >= 15 is 0 Å². The van der Waals surface area contributed by atoms with E-state index in [4.69, 9.17) is 0 Å². The van der Waals surface area contributed by atoms with Crippen molar-refractivity contribution in [1.29, 1.82) is 0 Å². The summed E-state index contributed by atoms with van der Waals surface area (Å²) in [4.78, 5) is 0. The van der Waals surface area contributed by atoms with Gasteiger partial charge in [0.15, 0.2) is 0 Å². The van der Waals surface area contributed by atoms with Gasteiger partial charge >= 0.3 is 0 Å². The van der Waals surface area contributed by atoms with Gasteiger partial charge in [-0.15, -0.1) is 0 Å². The third kappa shape index (κ3) is 7.66. The van der Waals surface area contributed by atoms with Gasteiger partial charge in [0.05, 0.1) is 0 Å². The van der Waals surface area contributed by atoms with Gasteiger partial charge in [0.2, 0.25) is 0 Å². The molecule has 0 aromatic carbocycles. The highest BCUT2D eigenvalue weighted by molar-refractivity contribution is 5.24. The standard InChI is InChI=1S/C20H35N/c1-15(2)11-19(14-21-13-16(3)4)12-18(6)20-9-7-17(5)8-10-20/h7,9,11,16,18-19,21H,8,10,12-14H2,1-6H3/t18-,19?/m0/s1. The Morgan fingerprint density at radius 1 is 1.14 bits per heavy atom. The van der Waals surface area contributed by atoms with Crippen molar-refractivity contribution in [2.75, 3.05) is 13.1 Å². The van der Waals surface area contributed by atoms with Crippen LogP contribution in [-0.4, -0.2) is 13.1 Å². The number of nitrogens with one attached hydrogen (secondary N) is 1. The fourth-order valence-electron chi connectivity index (χ4n) is 3.01. The second-order valence-electron chi connectivity index (χ2n) is 7.45. The Kier molecular flexibility index (Phi) is 8.03. The van der Waals surface area contributed by atoms with Gasteiger partial charge in [0, 0.05) is 6.54 Å². The summed E-state index contributed by atoms with van der Waals surface area (Å²) in [5, 5.41) is 3.63. The van der Waals surface area contributed by atoms with E-state index in [1.54, 1.807) is 5.57 Å². The lowest BCUT2D eigenvalue weighted by Crippen LogP contribution is -2.27. The first-order valence-electron chi connectivity index (χ1n) is 8.60. The summed E-state index contributed by atoms with van der Waals surface area (Å²) in [6.07, 6.45) is 10.9. The molecule has 1 aliphatic carbocycles. The van der Waals surface area contributed by atoms with Gasteiger partial charge in [0.25, 0.3) is 0 Å². The largest absolute Gasteiger partial charge is 0.316 e. The van der Waals surface area contributed by atoms with Crippen LogP contribution in [0.5, 0.6) is 0 Å². The van der Waals surface area contributed by atoms with Crippen LogP contribution in [0.4, 0.5) is 0 Å². The van der Waals surface area contributed by atoms with Gasteiger partial charge in [-0.3, -0.25) is 0 Å². The van der Waals surface area contributed by atoms with Gasteiger partial charge in [-0.05, 0) is 64.3 Å². The summed E-state index contributed by atoms with van der Waals surface area (Å²) in [5.41, 5.74) is 4.59. The molecule has 1 nitrogen and oxygen atoms in total. The van der Waals surface area contributed by atoms with Crippen LogP contribution in [-0.2, 0) is 0 Å². The topological polar surface area (TPSA) is 12.0 Å². The average Bonchev–Trinajstić information content (AvgIpc) is 2.38. The molecule has 1 heteroatoms. The quantitative estimate of drug-likeness (QED) is 0.581. The van der Waals surface area contributed by atoms with Crippen molar-refractivity contribution >= 4 is 0 Å². The van der Waals surface area contributed by atoms with E-state index in [-0.39, 0.29) is 0 Å². The summed E-state index contributed by atoms with van der Waals surface area (Å²) in [5.74, 6) is 2.07. The van der Waals surface area contributed by atoms with Crippen LogP contribution in [0.15, 0.2) is 34.9 Å². The van der Waals surface area contributed by atoms with E-state index in [0.29, 0.717) is 11.8 Å². The molecule has 1 N–H and O–H groups in total. The monoisotopic (exact) mass is 289 g/mol. The molecule has 0 saturated heterocycles. The predicted octanol–water partition coefficient (Wildman–Crippen LogP) is 5.51. The molecule has 0 radical (unpaired) electrons. The molecule has 1 rings (SSSR count). The second kappa shape index (κ2) is 9.25. The fourth-order valence-corrected chi connectivity index (χ4v) is 3.01. The second-order valence-corrected chi connectivity index (χ2v) is 7.45. The van der Waals surface area contributed by atoms with Gasteiger partial charge in [-0.1, -0.05) is 55.7 Å². The highest BCUT2D eigenvalue weighted by Gasteiger charge is 2.16. The Bertz CT molecular complexity index is 394. The molecule has 0 fully saturated rings. The zero-order valence-electron chi connectivity index (χ0n) is 15.0. The molecule has 1 unspecified atom stereocenters. The van der Waals surface area contributed by atoms with Crippen LogP contribution in [0.3, 0.4) is 0 Å². The zero-order valence-corrected chi connectivity index (χ0v) is 15.0. The summed E-state index contributed by atoms with van der Waals surface area (Å²) in [6.45, 7) is 15.8. The number of hydrogen-bond acceptors (Lipinski definition) is 1. The maximum atomic E-state index is 3.63. The average molecular weight is 290 g/mol. The van der Waals surface area contributed by atoms with Crippen molar-refractivity contribution in [3.05, 3.63) is 34.9 Å². The Morgan fingerprint density at radius 2 is 1.86 bits per heavy atom. The number of allylic oxidation sites excluding steroid dienone is 5. The molecule has 0 aromatic rings. The van der Waals surface area contributed by atoms with E-state index in [0.717, 1.165) is 19.0 Å². The molecule has 21 heavy (non-hydrogen) atoms. The summed E-state index contributed by atoms with van der Waals surface area (Å²) >= 11 is 0. The van der Waals surface area contributed by atoms with E-state index in [1.165, 1.54) is 30.4 Å². The van der Waals surface area contributed by atoms with Gasteiger partial charge in [-0.25, -0.2) is 0 Å². The lowest BCUT2D eigenvalue weighted by Gasteiger charge is -2.24. The van der Waals surface area contributed by atoms with Gasteiger partial charge < -0.3 is 5.32 Å². The SMILES string of the molecule is CC(C)=CC(CNCC(C)C)C[C@H](C)C1=CC=C(C)CC1. The van der Waals surface area contributed by atoms with E-state index in [1.807, 2.05) is 0 Å². The van der Waals surface area contributed by atoms with Gasteiger partial charge in [-0.2, -0.15) is 0 Å². The highest BCUT2D eigenvalue weighted by Crippen LogP contribution is 2.28. The molecular formula is C20H35N. The molecule has 1 aliphatic rings.